The highest BCUT2D eigenvalue weighted by Gasteiger charge is 2.52. The number of hydrogen-bond acceptors (Lipinski definition) is 3. The summed E-state index contributed by atoms with van der Waals surface area (Å²) in [6, 6.07) is 20.5. The van der Waals surface area contributed by atoms with E-state index in [2.05, 4.69) is 36.1 Å². The van der Waals surface area contributed by atoms with Crippen LogP contribution in [0.2, 0.25) is 0 Å². The fraction of sp³-hybridized carbons (Fsp3) is 0.176. The summed E-state index contributed by atoms with van der Waals surface area (Å²) in [5.41, 5.74) is 2.12. The van der Waals surface area contributed by atoms with Crippen molar-refractivity contribution in [1.29, 1.82) is 0 Å². The van der Waals surface area contributed by atoms with Crippen molar-refractivity contribution >= 4 is 11.7 Å². The molecule has 2 aromatic rings. The topological polar surface area (TPSA) is 27.7 Å². The van der Waals surface area contributed by atoms with Gasteiger partial charge in [-0.25, -0.2) is 9.98 Å². The SMILES string of the molecule is CC12CN1C(c1ccccc1)=NC(c1ccccc1)=N2. The molecule has 3 nitrogen and oxygen atoms in total. The number of nitrogens with zero attached hydrogens (tertiary/aromatic N) is 3. The van der Waals surface area contributed by atoms with E-state index in [1.807, 2.05) is 36.4 Å². The first-order valence-electron chi connectivity index (χ1n) is 6.83. The average molecular weight is 261 g/mol. The highest BCUT2D eigenvalue weighted by molar-refractivity contribution is 6.14. The molecule has 1 atom stereocenters. The summed E-state index contributed by atoms with van der Waals surface area (Å²) in [7, 11) is 0. The smallest absolute Gasteiger partial charge is 0.159 e. The summed E-state index contributed by atoms with van der Waals surface area (Å²) in [6.07, 6.45) is 0. The zero-order valence-electron chi connectivity index (χ0n) is 11.3. The van der Waals surface area contributed by atoms with E-state index in [4.69, 9.17) is 9.98 Å². The minimum absolute atomic E-state index is 0.113. The minimum atomic E-state index is -0.113. The van der Waals surface area contributed by atoms with Gasteiger partial charge >= 0.3 is 0 Å². The molecule has 2 aliphatic heterocycles. The molecule has 2 aliphatic rings. The van der Waals surface area contributed by atoms with E-state index in [0.29, 0.717) is 0 Å². The zero-order chi connectivity index (χ0) is 13.6. The van der Waals surface area contributed by atoms with Gasteiger partial charge in [-0.2, -0.15) is 0 Å². The Hall–Kier alpha value is -2.42. The number of amidine groups is 2. The van der Waals surface area contributed by atoms with Gasteiger partial charge in [0.15, 0.2) is 11.5 Å². The van der Waals surface area contributed by atoms with Crippen LogP contribution in [0.3, 0.4) is 0 Å². The van der Waals surface area contributed by atoms with Gasteiger partial charge in [-0.15, -0.1) is 0 Å². The van der Waals surface area contributed by atoms with Gasteiger partial charge in [-0.3, -0.25) is 0 Å². The van der Waals surface area contributed by atoms with Gasteiger partial charge in [0, 0.05) is 11.1 Å². The number of rotatable bonds is 2. The van der Waals surface area contributed by atoms with Crippen LogP contribution in [0, 0.1) is 0 Å². The maximum absolute atomic E-state index is 4.79. The fourth-order valence-electron chi connectivity index (χ4n) is 2.60. The molecule has 1 fully saturated rings. The Morgan fingerprint density at radius 1 is 0.900 bits per heavy atom. The van der Waals surface area contributed by atoms with Crippen LogP contribution >= 0.6 is 0 Å². The second-order valence-electron chi connectivity index (χ2n) is 5.41. The summed E-state index contributed by atoms with van der Waals surface area (Å²) in [6.45, 7) is 3.10. The van der Waals surface area contributed by atoms with Crippen LogP contribution in [-0.2, 0) is 0 Å². The van der Waals surface area contributed by atoms with Crippen LogP contribution < -0.4 is 0 Å². The Labute approximate surface area is 118 Å². The molecule has 2 aromatic carbocycles. The van der Waals surface area contributed by atoms with E-state index in [0.717, 1.165) is 29.3 Å². The van der Waals surface area contributed by atoms with Gasteiger partial charge in [-0.05, 0) is 6.92 Å². The van der Waals surface area contributed by atoms with Gasteiger partial charge in [0.2, 0.25) is 0 Å². The number of hydrogen-bond donors (Lipinski definition) is 0. The Morgan fingerprint density at radius 3 is 2.15 bits per heavy atom. The molecule has 1 saturated heterocycles. The molecule has 4 rings (SSSR count). The number of benzene rings is 2. The molecule has 0 N–H and O–H groups in total. The molecule has 0 bridgehead atoms. The lowest BCUT2D eigenvalue weighted by molar-refractivity contribution is 0.583. The Bertz CT molecular complexity index is 704. The monoisotopic (exact) mass is 261 g/mol. The summed E-state index contributed by atoms with van der Waals surface area (Å²) in [5.74, 6) is 1.86. The second-order valence-corrected chi connectivity index (χ2v) is 5.41. The van der Waals surface area contributed by atoms with Crippen LogP contribution in [0.5, 0.6) is 0 Å². The second kappa shape index (κ2) is 4.04. The number of fused-ring (bicyclic) bond motifs is 1. The van der Waals surface area contributed by atoms with Gasteiger partial charge in [0.1, 0.15) is 5.84 Å². The lowest BCUT2D eigenvalue weighted by atomic mass is 10.1. The van der Waals surface area contributed by atoms with Crippen molar-refractivity contribution in [2.24, 2.45) is 9.98 Å². The Kier molecular flexibility index (Phi) is 2.30. The van der Waals surface area contributed by atoms with E-state index >= 15 is 0 Å². The van der Waals surface area contributed by atoms with Gasteiger partial charge in [-0.1, -0.05) is 60.7 Å². The molecule has 98 valence electrons. The standard InChI is InChI=1S/C17H15N3/c1-17-12-20(17)16(14-10-6-3-7-11-14)18-15(19-17)13-8-4-2-5-9-13/h2-11H,12H2,1H3. The van der Waals surface area contributed by atoms with E-state index in [9.17, 15) is 0 Å². The third kappa shape index (κ3) is 1.74. The van der Waals surface area contributed by atoms with Crippen LogP contribution in [0.15, 0.2) is 70.6 Å². The zero-order valence-corrected chi connectivity index (χ0v) is 11.3. The average Bonchev–Trinajstić information content (AvgIpc) is 3.19. The predicted octanol–water partition coefficient (Wildman–Crippen LogP) is 2.93. The largest absolute Gasteiger partial charge is 0.326 e. The molecule has 0 spiro atoms. The van der Waals surface area contributed by atoms with Gasteiger partial charge < -0.3 is 4.90 Å². The van der Waals surface area contributed by atoms with Crippen molar-refractivity contribution in [2.75, 3.05) is 6.54 Å². The van der Waals surface area contributed by atoms with Gasteiger partial charge in [0.25, 0.3) is 0 Å². The lowest BCUT2D eigenvalue weighted by Gasteiger charge is -2.19. The summed E-state index contributed by atoms with van der Waals surface area (Å²) in [5, 5.41) is 0. The van der Waals surface area contributed by atoms with Crippen LogP contribution in [0.1, 0.15) is 18.1 Å². The van der Waals surface area contributed by atoms with Gasteiger partial charge in [0.05, 0.1) is 6.54 Å². The van der Waals surface area contributed by atoms with Crippen LogP contribution in [0.25, 0.3) is 0 Å². The summed E-state index contributed by atoms with van der Waals surface area (Å²) in [4.78, 5) is 11.8. The molecule has 0 radical (unpaired) electrons. The maximum atomic E-state index is 4.79. The molecule has 0 amide bonds. The normalized spacial score (nSPS) is 23.8. The molecule has 2 heterocycles. The quantitative estimate of drug-likeness (QED) is 0.764. The van der Waals surface area contributed by atoms with Crippen molar-refractivity contribution < 1.29 is 0 Å². The number of aliphatic imine (C=N–C) groups is 2. The molecule has 0 saturated carbocycles. The molecular formula is C17H15N3. The molecule has 3 heteroatoms. The van der Waals surface area contributed by atoms with Crippen molar-refractivity contribution in [3.05, 3.63) is 71.8 Å². The Morgan fingerprint density at radius 2 is 1.50 bits per heavy atom. The van der Waals surface area contributed by atoms with E-state index < -0.39 is 0 Å². The minimum Gasteiger partial charge on any atom is -0.326 e. The first-order chi connectivity index (χ1) is 9.76. The van der Waals surface area contributed by atoms with E-state index in [1.54, 1.807) is 0 Å². The summed E-state index contributed by atoms with van der Waals surface area (Å²) < 4.78 is 0. The van der Waals surface area contributed by atoms with Crippen molar-refractivity contribution in [3.63, 3.8) is 0 Å². The highest BCUT2D eigenvalue weighted by atomic mass is 15.5. The first-order valence-corrected chi connectivity index (χ1v) is 6.83. The maximum Gasteiger partial charge on any atom is 0.159 e. The van der Waals surface area contributed by atoms with Crippen molar-refractivity contribution in [1.82, 2.24) is 4.90 Å². The molecule has 20 heavy (non-hydrogen) atoms. The molecular weight excluding hydrogens is 246 g/mol. The van der Waals surface area contributed by atoms with Crippen molar-refractivity contribution in [3.8, 4) is 0 Å². The molecule has 0 aromatic heterocycles. The Balaban J connectivity index is 1.81. The molecule has 1 unspecified atom stereocenters. The van der Waals surface area contributed by atoms with Crippen LogP contribution in [0.4, 0.5) is 0 Å². The van der Waals surface area contributed by atoms with E-state index in [-0.39, 0.29) is 5.66 Å². The lowest BCUT2D eigenvalue weighted by Crippen LogP contribution is -2.27. The third-order valence-electron chi connectivity index (χ3n) is 3.81. The van der Waals surface area contributed by atoms with E-state index in [1.165, 1.54) is 0 Å². The van der Waals surface area contributed by atoms with Crippen LogP contribution in [-0.4, -0.2) is 28.8 Å². The fourth-order valence-corrected chi connectivity index (χ4v) is 2.60. The predicted molar refractivity (Wildman–Crippen MR) is 81.1 cm³/mol. The highest BCUT2D eigenvalue weighted by Crippen LogP contribution is 2.38. The first kappa shape index (κ1) is 11.4. The molecule has 0 aliphatic carbocycles. The third-order valence-corrected chi connectivity index (χ3v) is 3.81. The summed E-state index contributed by atoms with van der Waals surface area (Å²) >= 11 is 0. The van der Waals surface area contributed by atoms with Crippen molar-refractivity contribution in [2.45, 2.75) is 12.6 Å².